The molecular weight excluding hydrogens is 645 g/mol. The topological polar surface area (TPSA) is 45.9 Å². The van der Waals surface area contributed by atoms with Crippen LogP contribution in [-0.2, 0) is 0 Å². The van der Waals surface area contributed by atoms with Crippen LogP contribution < -0.4 is 4.74 Å². The molecule has 0 saturated carbocycles. The van der Waals surface area contributed by atoms with Gasteiger partial charge in [-0.3, -0.25) is 4.98 Å². The summed E-state index contributed by atoms with van der Waals surface area (Å²) in [5.74, 6) is 1.53. The molecule has 11 rings (SSSR count). The summed E-state index contributed by atoms with van der Waals surface area (Å²) < 4.78 is 6.45. The molecule has 0 N–H and O–H groups in total. The van der Waals surface area contributed by atoms with Crippen LogP contribution in [0.5, 0.6) is 11.5 Å². The van der Waals surface area contributed by atoms with Crippen molar-refractivity contribution in [3.05, 3.63) is 176 Å². The van der Waals surface area contributed by atoms with E-state index in [4.69, 9.17) is 9.72 Å². The largest absolute Gasteiger partial charge is 0.456 e. The van der Waals surface area contributed by atoms with E-state index in [-0.39, 0.29) is 0 Å². The summed E-state index contributed by atoms with van der Waals surface area (Å²) >= 11 is 0. The Balaban J connectivity index is 1.12. The third-order valence-corrected chi connectivity index (χ3v) is 10.9. The van der Waals surface area contributed by atoms with E-state index in [1.165, 1.54) is 49.0 Å². The minimum Gasteiger partial charge on any atom is -0.456 e. The number of para-hydroxylation sites is 1. The van der Waals surface area contributed by atoms with Crippen LogP contribution >= 0.6 is 0 Å². The Kier molecular flexibility index (Phi) is 6.32. The Morgan fingerprint density at radius 3 is 1.81 bits per heavy atom. The third kappa shape index (κ3) is 4.43. The van der Waals surface area contributed by atoms with Crippen LogP contribution in [0.4, 0.5) is 0 Å². The summed E-state index contributed by atoms with van der Waals surface area (Å²) in [6, 6.07) is 60.5. The molecule has 2 heterocycles. The minimum absolute atomic E-state index is 0.587. The number of hydrogen-bond acceptors (Lipinski definition) is 3. The van der Waals surface area contributed by atoms with Gasteiger partial charge in [0.2, 0.25) is 0 Å². The van der Waals surface area contributed by atoms with Crippen molar-refractivity contribution < 1.29 is 4.74 Å². The van der Waals surface area contributed by atoms with Crippen molar-refractivity contribution in [3.63, 3.8) is 0 Å². The fourth-order valence-corrected chi connectivity index (χ4v) is 8.51. The summed E-state index contributed by atoms with van der Waals surface area (Å²) in [7, 11) is 0. The summed E-state index contributed by atoms with van der Waals surface area (Å²) in [5, 5.41) is 20.2. The van der Waals surface area contributed by atoms with Crippen molar-refractivity contribution in [2.45, 2.75) is 0 Å². The lowest BCUT2D eigenvalue weighted by molar-refractivity contribution is 0.487. The van der Waals surface area contributed by atoms with Gasteiger partial charge < -0.3 is 4.74 Å². The molecule has 1 aliphatic rings. The Hall–Kier alpha value is -7.28. The molecule has 0 spiro atoms. The number of aromatic nitrogens is 1. The van der Waals surface area contributed by atoms with Crippen LogP contribution in [-0.4, -0.2) is 4.98 Å². The normalized spacial score (nSPS) is 11.9. The van der Waals surface area contributed by atoms with E-state index >= 15 is 0 Å². The molecule has 0 unspecified atom stereocenters. The molecule has 244 valence electrons. The first-order valence-electron chi connectivity index (χ1n) is 17.8. The number of hydrogen-bond donors (Lipinski definition) is 0. The average molecular weight is 673 g/mol. The van der Waals surface area contributed by atoms with Gasteiger partial charge in [0.15, 0.2) is 0 Å². The van der Waals surface area contributed by atoms with Crippen LogP contribution in [0, 0.1) is 11.3 Å². The smallest absolute Gasteiger partial charge is 0.136 e. The van der Waals surface area contributed by atoms with Crippen molar-refractivity contribution in [1.82, 2.24) is 4.98 Å². The maximum atomic E-state index is 9.52. The van der Waals surface area contributed by atoms with Crippen LogP contribution in [0.25, 0.3) is 98.5 Å². The standard InChI is InChI=1S/C50H28N2O/c51-29-30-17-22-40-42-24-23-39(41-15-6-16-47(49(41)42)53-48(40)26-30)44-28-46-36-11-2-1-10-35(36)43(27-45(46)38-13-4-3-12-37(38)44)32-20-18-31(19-21-32)34-14-5-8-33-9-7-25-52-50(33)34/h1-28H. The summed E-state index contributed by atoms with van der Waals surface area (Å²) in [4.78, 5) is 4.70. The van der Waals surface area contributed by atoms with Crippen molar-refractivity contribution >= 4 is 54.0 Å². The Bertz CT molecular complexity index is 3200. The van der Waals surface area contributed by atoms with Gasteiger partial charge in [0.1, 0.15) is 11.5 Å². The van der Waals surface area contributed by atoms with Crippen molar-refractivity contribution in [1.29, 1.82) is 5.26 Å². The van der Waals surface area contributed by atoms with Crippen LogP contribution in [0.2, 0.25) is 0 Å². The zero-order valence-corrected chi connectivity index (χ0v) is 28.5. The first-order chi connectivity index (χ1) is 26.2. The zero-order valence-electron chi connectivity index (χ0n) is 28.5. The first kappa shape index (κ1) is 29.5. The van der Waals surface area contributed by atoms with Crippen LogP contribution in [0.1, 0.15) is 5.56 Å². The first-order valence-corrected chi connectivity index (χ1v) is 17.8. The lowest BCUT2D eigenvalue weighted by Crippen LogP contribution is -1.98. The van der Waals surface area contributed by atoms with Gasteiger partial charge in [-0.15, -0.1) is 0 Å². The molecule has 0 saturated heterocycles. The van der Waals surface area contributed by atoms with Crippen molar-refractivity contribution in [3.8, 4) is 62.1 Å². The highest BCUT2D eigenvalue weighted by atomic mass is 16.5. The Morgan fingerprint density at radius 1 is 0.415 bits per heavy atom. The molecule has 0 atom stereocenters. The molecule has 53 heavy (non-hydrogen) atoms. The van der Waals surface area contributed by atoms with Gasteiger partial charge in [0.05, 0.1) is 17.1 Å². The van der Waals surface area contributed by atoms with Gasteiger partial charge in [0, 0.05) is 28.1 Å². The van der Waals surface area contributed by atoms with Gasteiger partial charge in [-0.05, 0) is 114 Å². The fourth-order valence-electron chi connectivity index (χ4n) is 8.51. The molecule has 0 bridgehead atoms. The number of fused-ring (bicyclic) bond motifs is 8. The molecule has 1 aromatic heterocycles. The maximum Gasteiger partial charge on any atom is 0.136 e. The molecule has 3 nitrogen and oxygen atoms in total. The van der Waals surface area contributed by atoms with Gasteiger partial charge in [-0.1, -0.05) is 121 Å². The molecule has 0 radical (unpaired) electrons. The quantitative estimate of drug-likeness (QED) is 0.176. The molecule has 10 aromatic rings. The number of nitrogens with zero attached hydrogens (tertiary/aromatic N) is 2. The number of nitriles is 1. The average Bonchev–Trinajstić information content (AvgIpc) is 3.23. The number of ether oxygens (including phenoxy) is 1. The van der Waals surface area contributed by atoms with Crippen LogP contribution in [0.15, 0.2) is 170 Å². The molecular formula is C50H28N2O. The second-order valence-corrected chi connectivity index (χ2v) is 13.8. The molecule has 0 fully saturated rings. The highest BCUT2D eigenvalue weighted by Crippen LogP contribution is 2.50. The predicted molar refractivity (Wildman–Crippen MR) is 218 cm³/mol. The Morgan fingerprint density at radius 2 is 1.04 bits per heavy atom. The zero-order chi connectivity index (χ0) is 35.0. The molecule has 0 amide bonds. The lowest BCUT2D eigenvalue weighted by Gasteiger charge is -2.23. The number of rotatable bonds is 3. The van der Waals surface area contributed by atoms with Gasteiger partial charge in [-0.25, -0.2) is 0 Å². The summed E-state index contributed by atoms with van der Waals surface area (Å²) in [6.07, 6.45) is 1.86. The van der Waals surface area contributed by atoms with E-state index in [9.17, 15) is 5.26 Å². The van der Waals surface area contributed by atoms with Crippen LogP contribution in [0.3, 0.4) is 0 Å². The Labute approximate surface area is 305 Å². The number of benzene rings is 9. The van der Waals surface area contributed by atoms with Gasteiger partial charge in [0.25, 0.3) is 0 Å². The third-order valence-electron chi connectivity index (χ3n) is 10.9. The summed E-state index contributed by atoms with van der Waals surface area (Å²) in [5.41, 5.74) is 10.8. The second-order valence-electron chi connectivity index (χ2n) is 13.8. The fraction of sp³-hybridized carbons (Fsp3) is 0. The van der Waals surface area contributed by atoms with Crippen molar-refractivity contribution in [2.24, 2.45) is 0 Å². The van der Waals surface area contributed by atoms with E-state index in [1.807, 2.05) is 36.5 Å². The monoisotopic (exact) mass is 672 g/mol. The summed E-state index contributed by atoms with van der Waals surface area (Å²) in [6.45, 7) is 0. The van der Waals surface area contributed by atoms with E-state index in [1.54, 1.807) is 0 Å². The minimum atomic E-state index is 0.587. The molecule has 9 aromatic carbocycles. The van der Waals surface area contributed by atoms with E-state index in [2.05, 4.69) is 140 Å². The van der Waals surface area contributed by atoms with E-state index < -0.39 is 0 Å². The van der Waals surface area contributed by atoms with E-state index in [0.29, 0.717) is 5.56 Å². The van der Waals surface area contributed by atoms with Gasteiger partial charge in [-0.2, -0.15) is 5.26 Å². The predicted octanol–water partition coefficient (Wildman–Crippen LogP) is 13.5. The number of pyridine rings is 1. The highest BCUT2D eigenvalue weighted by Gasteiger charge is 2.23. The van der Waals surface area contributed by atoms with Gasteiger partial charge >= 0.3 is 0 Å². The molecule has 0 aliphatic carbocycles. The maximum absolute atomic E-state index is 9.52. The SMILES string of the molecule is N#Cc1ccc2c(c1)Oc1cccc3c(-c4cc5c6ccccc6c(-c6ccc(-c7cccc8cccnc78)cc6)cc5c5ccccc45)ccc-2c13. The molecule has 1 aliphatic heterocycles. The second kappa shape index (κ2) is 11.4. The highest BCUT2D eigenvalue weighted by molar-refractivity contribution is 6.25. The van der Waals surface area contributed by atoms with E-state index in [0.717, 1.165) is 61.0 Å². The van der Waals surface area contributed by atoms with Crippen molar-refractivity contribution in [2.75, 3.05) is 0 Å². The lowest BCUT2D eigenvalue weighted by atomic mass is 9.85. The molecule has 3 heteroatoms.